The van der Waals surface area contributed by atoms with Crippen molar-refractivity contribution in [3.63, 3.8) is 0 Å². The van der Waals surface area contributed by atoms with E-state index in [1.54, 1.807) is 0 Å². The van der Waals surface area contributed by atoms with Crippen LogP contribution in [0.2, 0.25) is 0 Å². The normalized spacial score (nSPS) is 17.2. The minimum absolute atomic E-state index is 0.0247. The molecular formula is C65H71BN2. The third-order valence-corrected chi connectivity index (χ3v) is 16.8. The first-order chi connectivity index (χ1) is 31.9. The van der Waals surface area contributed by atoms with Crippen molar-refractivity contribution >= 4 is 46.2 Å². The van der Waals surface area contributed by atoms with Gasteiger partial charge in [0.15, 0.2) is 0 Å². The van der Waals surface area contributed by atoms with E-state index in [2.05, 4.69) is 247 Å². The second-order valence-electron chi connectivity index (χ2n) is 25.8. The fourth-order valence-corrected chi connectivity index (χ4v) is 12.4. The van der Waals surface area contributed by atoms with Crippen molar-refractivity contribution in [3.8, 4) is 33.4 Å². The largest absolute Gasteiger partial charge is 0.376 e. The Labute approximate surface area is 409 Å². The maximum absolute atomic E-state index is 2.76. The van der Waals surface area contributed by atoms with E-state index in [0.717, 1.165) is 0 Å². The molecule has 0 N–H and O–H groups in total. The van der Waals surface area contributed by atoms with Crippen LogP contribution in [-0.2, 0) is 32.5 Å². The van der Waals surface area contributed by atoms with Crippen molar-refractivity contribution in [1.82, 2.24) is 0 Å². The lowest BCUT2D eigenvalue weighted by molar-refractivity contribution is 0.332. The standard InChI is InChI=1S/C65H71BN2/c1-60(2,3)41-25-28-44(29-26-41)68-56-39-53-52(63(10,11)31-32-64(53,12)13)36-48(56)49-34-43(62(7,8)9)35-58-59(49)66(68)54-37-47-45-23-19-20-24-50(45)65(14,15)51(47)38-57(54)67(58)55-30-27-42(61(4,5)6)33-46(55)40-21-17-16-18-22-40/h16-30,33-39H,31-32H2,1-15H3. The number of hydrogen-bond donors (Lipinski definition) is 0. The van der Waals surface area contributed by atoms with Crippen LogP contribution in [0, 0.1) is 0 Å². The molecule has 0 unspecified atom stereocenters. The molecular weight excluding hydrogens is 820 g/mol. The van der Waals surface area contributed by atoms with Gasteiger partial charge in [0.25, 0.3) is 0 Å². The average Bonchev–Trinajstić information content (AvgIpc) is 3.51. The highest BCUT2D eigenvalue weighted by Crippen LogP contribution is 2.56. The second kappa shape index (κ2) is 14.6. The van der Waals surface area contributed by atoms with Crippen molar-refractivity contribution in [1.29, 1.82) is 0 Å². The van der Waals surface area contributed by atoms with Crippen molar-refractivity contribution in [2.45, 2.75) is 149 Å². The number of benzene rings is 7. The number of anilines is 5. The Morgan fingerprint density at radius 3 is 1.63 bits per heavy atom. The molecule has 11 rings (SSSR count). The van der Waals surface area contributed by atoms with Gasteiger partial charge in [0.05, 0.1) is 5.69 Å². The van der Waals surface area contributed by atoms with Gasteiger partial charge in [-0.05, 0) is 161 Å². The van der Waals surface area contributed by atoms with Crippen molar-refractivity contribution in [2.24, 2.45) is 0 Å². The molecule has 0 bridgehead atoms. The number of nitrogens with zero attached hydrogens (tertiary/aromatic N) is 2. The third kappa shape index (κ3) is 6.72. The Bertz CT molecular complexity index is 3200. The van der Waals surface area contributed by atoms with Gasteiger partial charge in [0.1, 0.15) is 0 Å². The summed E-state index contributed by atoms with van der Waals surface area (Å²) in [5.41, 5.74) is 26.6. The molecule has 0 atom stereocenters. The maximum atomic E-state index is 2.76. The fraction of sp³-hybridized carbons (Fsp3) is 0.354. The van der Waals surface area contributed by atoms with Crippen LogP contribution in [-0.4, -0.2) is 6.85 Å². The van der Waals surface area contributed by atoms with E-state index >= 15 is 0 Å². The quantitative estimate of drug-likeness (QED) is 0.163. The summed E-state index contributed by atoms with van der Waals surface area (Å²) >= 11 is 0. The zero-order valence-electron chi connectivity index (χ0n) is 43.6. The lowest BCUT2D eigenvalue weighted by Crippen LogP contribution is -2.62. The lowest BCUT2D eigenvalue weighted by atomic mass is 9.42. The summed E-state index contributed by atoms with van der Waals surface area (Å²) in [5.74, 6) is 0. The van der Waals surface area contributed by atoms with Gasteiger partial charge in [0.2, 0.25) is 0 Å². The van der Waals surface area contributed by atoms with Crippen LogP contribution in [0.4, 0.5) is 28.4 Å². The Morgan fingerprint density at radius 2 is 0.985 bits per heavy atom. The van der Waals surface area contributed by atoms with E-state index in [9.17, 15) is 0 Å². The Morgan fingerprint density at radius 1 is 0.412 bits per heavy atom. The van der Waals surface area contributed by atoms with Gasteiger partial charge < -0.3 is 9.71 Å². The van der Waals surface area contributed by atoms with Gasteiger partial charge in [-0.15, -0.1) is 0 Å². The van der Waals surface area contributed by atoms with E-state index in [4.69, 9.17) is 0 Å². The molecule has 7 aromatic carbocycles. The number of fused-ring (bicyclic) bond motifs is 8. The van der Waals surface area contributed by atoms with E-state index in [0.29, 0.717) is 0 Å². The summed E-state index contributed by atoms with van der Waals surface area (Å²) in [7, 11) is 0. The summed E-state index contributed by atoms with van der Waals surface area (Å²) < 4.78 is 0. The average molecular weight is 891 g/mol. The van der Waals surface area contributed by atoms with Gasteiger partial charge in [0, 0.05) is 39.3 Å². The Balaban J connectivity index is 1.32. The molecule has 7 aromatic rings. The van der Waals surface area contributed by atoms with Gasteiger partial charge in [-0.1, -0.05) is 189 Å². The lowest BCUT2D eigenvalue weighted by Gasteiger charge is -2.49. The van der Waals surface area contributed by atoms with Crippen LogP contribution >= 0.6 is 0 Å². The molecule has 68 heavy (non-hydrogen) atoms. The van der Waals surface area contributed by atoms with Crippen molar-refractivity contribution in [2.75, 3.05) is 9.71 Å². The third-order valence-electron chi connectivity index (χ3n) is 16.8. The molecule has 2 aliphatic heterocycles. The van der Waals surface area contributed by atoms with Gasteiger partial charge in [-0.3, -0.25) is 0 Å². The topological polar surface area (TPSA) is 6.48 Å². The molecule has 0 spiro atoms. The van der Waals surface area contributed by atoms with Crippen LogP contribution < -0.4 is 20.6 Å². The summed E-state index contributed by atoms with van der Waals surface area (Å²) in [4.78, 5) is 5.46. The van der Waals surface area contributed by atoms with E-state index in [-0.39, 0.29) is 39.3 Å². The van der Waals surface area contributed by atoms with Crippen LogP contribution in [0.25, 0.3) is 33.4 Å². The zero-order valence-corrected chi connectivity index (χ0v) is 43.6. The predicted molar refractivity (Wildman–Crippen MR) is 295 cm³/mol. The molecule has 0 radical (unpaired) electrons. The minimum Gasteiger partial charge on any atom is -0.376 e. The first-order valence-corrected chi connectivity index (χ1v) is 25.4. The minimum atomic E-state index is -0.178. The second-order valence-corrected chi connectivity index (χ2v) is 25.8. The smallest absolute Gasteiger partial charge is 0.333 e. The molecule has 0 fully saturated rings. The number of rotatable bonds is 3. The summed E-state index contributed by atoms with van der Waals surface area (Å²) in [6.07, 6.45) is 2.34. The van der Waals surface area contributed by atoms with Crippen LogP contribution in [0.5, 0.6) is 0 Å². The summed E-state index contributed by atoms with van der Waals surface area (Å²) in [6, 6.07) is 52.9. The molecule has 0 amide bonds. The van der Waals surface area contributed by atoms with E-state index in [1.807, 2.05) is 0 Å². The molecule has 4 aliphatic rings. The van der Waals surface area contributed by atoms with Gasteiger partial charge in [-0.2, -0.15) is 0 Å². The van der Waals surface area contributed by atoms with Gasteiger partial charge >= 0.3 is 6.85 Å². The van der Waals surface area contributed by atoms with E-state index < -0.39 is 0 Å². The van der Waals surface area contributed by atoms with Gasteiger partial charge in [-0.25, -0.2) is 0 Å². The molecule has 0 saturated heterocycles. The fourth-order valence-electron chi connectivity index (χ4n) is 12.4. The zero-order chi connectivity index (χ0) is 48.2. The molecule has 0 aromatic heterocycles. The van der Waals surface area contributed by atoms with Crippen LogP contribution in [0.1, 0.15) is 156 Å². The molecule has 0 saturated carbocycles. The summed E-state index contributed by atoms with van der Waals surface area (Å²) in [6.45, 7) is 35.9. The predicted octanol–water partition coefficient (Wildman–Crippen LogP) is 16.6. The monoisotopic (exact) mass is 891 g/mol. The molecule has 2 aliphatic carbocycles. The highest BCUT2D eigenvalue weighted by molar-refractivity contribution is 6.93. The highest BCUT2D eigenvalue weighted by atomic mass is 15.2. The summed E-state index contributed by atoms with van der Waals surface area (Å²) in [5, 5.41) is 0. The highest BCUT2D eigenvalue weighted by Gasteiger charge is 2.49. The first kappa shape index (κ1) is 44.7. The Kier molecular flexibility index (Phi) is 9.61. The maximum Gasteiger partial charge on any atom is 0.333 e. The van der Waals surface area contributed by atoms with Crippen molar-refractivity contribution in [3.05, 3.63) is 172 Å². The Hall–Kier alpha value is -5.80. The number of hydrogen-bond acceptors (Lipinski definition) is 2. The van der Waals surface area contributed by atoms with Crippen molar-refractivity contribution < 1.29 is 0 Å². The molecule has 3 heteroatoms. The van der Waals surface area contributed by atoms with Crippen LogP contribution in [0.15, 0.2) is 133 Å². The van der Waals surface area contributed by atoms with Crippen LogP contribution in [0.3, 0.4) is 0 Å². The first-order valence-electron chi connectivity index (χ1n) is 25.4. The molecule has 344 valence electrons. The van der Waals surface area contributed by atoms with E-state index in [1.165, 1.54) is 125 Å². The SMILES string of the molecule is CC(C)(C)c1ccc(N2B3c4cc5c(cc4N(c4ccc(C(C)(C)C)cc4-c4ccccc4)c4cc(C(C)(C)C)cc(c43)-c3cc4c(cc32)C(C)(C)CCC4(C)C)C(C)(C)c2ccccc2-5)cc1. The molecule has 2 nitrogen and oxygen atoms in total. The molecule has 2 heterocycles.